The van der Waals surface area contributed by atoms with E-state index < -0.39 is 0 Å². The average molecular weight is 677 g/mol. The molecule has 0 aliphatic carbocycles. The molecule has 0 bridgehead atoms. The number of anilines is 3. The van der Waals surface area contributed by atoms with E-state index in [0.717, 1.165) is 50.1 Å². The summed E-state index contributed by atoms with van der Waals surface area (Å²) in [6.07, 6.45) is 0. The second-order valence-corrected chi connectivity index (χ2v) is 13.7. The number of hydrogen-bond acceptors (Lipinski definition) is 2. The average Bonchev–Trinajstić information content (AvgIpc) is 3.77. The van der Waals surface area contributed by atoms with E-state index in [0.29, 0.717) is 0 Å². The maximum absolute atomic E-state index is 6.67. The molecule has 2 heterocycles. The van der Waals surface area contributed by atoms with Crippen molar-refractivity contribution in [1.29, 1.82) is 0 Å². The van der Waals surface area contributed by atoms with Gasteiger partial charge in [0.05, 0.1) is 22.4 Å². The first-order chi connectivity index (χ1) is 26.3. The number of furan rings is 1. The fraction of sp³-hybridized carbons (Fsp3) is 0. The highest BCUT2D eigenvalue weighted by Crippen LogP contribution is 2.46. The van der Waals surface area contributed by atoms with E-state index in [-0.39, 0.29) is 0 Å². The predicted octanol–water partition coefficient (Wildman–Crippen LogP) is 14.1. The van der Waals surface area contributed by atoms with Gasteiger partial charge in [-0.3, -0.25) is 0 Å². The van der Waals surface area contributed by atoms with Gasteiger partial charge in [0.25, 0.3) is 0 Å². The highest BCUT2D eigenvalue weighted by molar-refractivity contribution is 6.15. The van der Waals surface area contributed by atoms with Gasteiger partial charge in [0.2, 0.25) is 0 Å². The molecule has 0 aliphatic heterocycles. The molecular weight excluding hydrogens is 645 g/mol. The van der Waals surface area contributed by atoms with E-state index in [1.54, 1.807) is 0 Å². The number of benzene rings is 9. The summed E-state index contributed by atoms with van der Waals surface area (Å²) < 4.78 is 9.04. The molecule has 0 saturated heterocycles. The van der Waals surface area contributed by atoms with E-state index in [9.17, 15) is 0 Å². The van der Waals surface area contributed by atoms with E-state index in [2.05, 4.69) is 198 Å². The molecule has 53 heavy (non-hydrogen) atoms. The van der Waals surface area contributed by atoms with Gasteiger partial charge in [0, 0.05) is 38.3 Å². The maximum Gasteiger partial charge on any atom is 0.159 e. The largest absolute Gasteiger partial charge is 0.454 e. The van der Waals surface area contributed by atoms with Crippen LogP contribution >= 0.6 is 0 Å². The van der Waals surface area contributed by atoms with E-state index in [4.69, 9.17) is 4.42 Å². The number of fused-ring (bicyclic) bond motifs is 8. The van der Waals surface area contributed by atoms with Gasteiger partial charge in [0.15, 0.2) is 5.58 Å². The van der Waals surface area contributed by atoms with Crippen molar-refractivity contribution >= 4 is 82.4 Å². The second kappa shape index (κ2) is 11.7. The first-order valence-corrected chi connectivity index (χ1v) is 18.1. The van der Waals surface area contributed by atoms with Crippen LogP contribution in [0.15, 0.2) is 199 Å². The van der Waals surface area contributed by atoms with Gasteiger partial charge in [-0.05, 0) is 87.9 Å². The molecule has 11 rings (SSSR count). The monoisotopic (exact) mass is 676 g/mol. The Balaban J connectivity index is 1.15. The summed E-state index contributed by atoms with van der Waals surface area (Å²) in [5.41, 5.74) is 10.9. The minimum Gasteiger partial charge on any atom is -0.454 e. The van der Waals surface area contributed by atoms with Gasteiger partial charge in [0.1, 0.15) is 5.58 Å². The molecule has 0 N–H and O–H groups in total. The third-order valence-electron chi connectivity index (χ3n) is 10.8. The summed E-state index contributed by atoms with van der Waals surface area (Å²) in [4.78, 5) is 2.37. The van der Waals surface area contributed by atoms with Gasteiger partial charge >= 0.3 is 0 Å². The standard InChI is InChI=1S/C50H32N2O/c1-2-15-36(16-3-1)51-45-22-10-8-19-41(45)44-32-35(26-29-47(44)51)38-28-30-46(40-18-7-6-17-39(38)40)52(37-27-25-33-13-4-5-14-34(33)31-37)48-23-12-21-43-42-20-9-11-24-49(42)53-50(43)48/h1-32H. The Morgan fingerprint density at radius 3 is 1.98 bits per heavy atom. The van der Waals surface area contributed by atoms with Gasteiger partial charge in [-0.15, -0.1) is 0 Å². The molecule has 0 aliphatic rings. The van der Waals surface area contributed by atoms with Gasteiger partial charge in [-0.1, -0.05) is 133 Å². The minimum atomic E-state index is 0.871. The maximum atomic E-state index is 6.67. The smallest absolute Gasteiger partial charge is 0.159 e. The van der Waals surface area contributed by atoms with E-state index in [1.807, 2.05) is 6.07 Å². The topological polar surface area (TPSA) is 21.3 Å². The number of aromatic nitrogens is 1. The number of hydrogen-bond donors (Lipinski definition) is 0. The second-order valence-electron chi connectivity index (χ2n) is 13.7. The summed E-state index contributed by atoms with van der Waals surface area (Å²) >= 11 is 0. The van der Waals surface area contributed by atoms with Crippen LogP contribution in [0.3, 0.4) is 0 Å². The van der Waals surface area contributed by atoms with Crippen LogP contribution in [0, 0.1) is 0 Å². The van der Waals surface area contributed by atoms with Crippen molar-refractivity contribution in [2.75, 3.05) is 4.90 Å². The fourth-order valence-electron chi connectivity index (χ4n) is 8.36. The zero-order valence-corrected chi connectivity index (χ0v) is 28.8. The number of para-hydroxylation sites is 4. The van der Waals surface area contributed by atoms with Crippen LogP contribution in [0.4, 0.5) is 17.1 Å². The van der Waals surface area contributed by atoms with Crippen molar-refractivity contribution in [1.82, 2.24) is 4.57 Å². The van der Waals surface area contributed by atoms with Crippen LogP contribution in [0.25, 0.3) is 82.1 Å². The molecule has 9 aromatic carbocycles. The predicted molar refractivity (Wildman–Crippen MR) is 223 cm³/mol. The third kappa shape index (κ3) is 4.61. The normalized spacial score (nSPS) is 11.8. The Kier molecular flexibility index (Phi) is 6.55. The Morgan fingerprint density at radius 1 is 0.396 bits per heavy atom. The van der Waals surface area contributed by atoms with Crippen molar-refractivity contribution in [2.45, 2.75) is 0 Å². The van der Waals surface area contributed by atoms with Crippen LogP contribution in [-0.4, -0.2) is 4.57 Å². The molecule has 3 heteroatoms. The molecular formula is C50H32N2O. The lowest BCUT2D eigenvalue weighted by molar-refractivity contribution is 0.669. The molecule has 0 atom stereocenters. The molecule has 0 amide bonds. The Morgan fingerprint density at radius 2 is 1.09 bits per heavy atom. The van der Waals surface area contributed by atoms with Crippen LogP contribution in [0.5, 0.6) is 0 Å². The summed E-state index contributed by atoms with van der Waals surface area (Å²) in [7, 11) is 0. The van der Waals surface area contributed by atoms with Crippen LogP contribution in [0.1, 0.15) is 0 Å². The van der Waals surface area contributed by atoms with Crippen LogP contribution in [-0.2, 0) is 0 Å². The number of nitrogens with zero attached hydrogens (tertiary/aromatic N) is 2. The molecule has 11 aromatic rings. The lowest BCUT2D eigenvalue weighted by Gasteiger charge is -2.28. The van der Waals surface area contributed by atoms with Gasteiger partial charge in [-0.2, -0.15) is 0 Å². The molecule has 0 spiro atoms. The zero-order chi connectivity index (χ0) is 34.9. The Hall–Kier alpha value is -7.10. The molecule has 3 nitrogen and oxygen atoms in total. The highest BCUT2D eigenvalue weighted by Gasteiger charge is 2.22. The first-order valence-electron chi connectivity index (χ1n) is 18.1. The van der Waals surface area contributed by atoms with Crippen molar-refractivity contribution in [2.24, 2.45) is 0 Å². The molecule has 0 fully saturated rings. The molecule has 248 valence electrons. The third-order valence-corrected chi connectivity index (χ3v) is 10.8. The summed E-state index contributed by atoms with van der Waals surface area (Å²) in [6.45, 7) is 0. The molecule has 0 unspecified atom stereocenters. The van der Waals surface area contributed by atoms with E-state index in [1.165, 1.54) is 49.1 Å². The minimum absolute atomic E-state index is 0.871. The highest BCUT2D eigenvalue weighted by atomic mass is 16.3. The van der Waals surface area contributed by atoms with E-state index >= 15 is 0 Å². The van der Waals surface area contributed by atoms with Gasteiger partial charge < -0.3 is 13.9 Å². The quantitative estimate of drug-likeness (QED) is 0.181. The lowest BCUT2D eigenvalue weighted by atomic mass is 9.95. The fourth-order valence-corrected chi connectivity index (χ4v) is 8.36. The number of rotatable bonds is 5. The zero-order valence-electron chi connectivity index (χ0n) is 28.8. The summed E-state index contributed by atoms with van der Waals surface area (Å²) in [6, 6.07) is 69.7. The Labute approximate surface area is 306 Å². The molecule has 0 saturated carbocycles. The van der Waals surface area contributed by atoms with Gasteiger partial charge in [-0.25, -0.2) is 0 Å². The molecule has 0 radical (unpaired) electrons. The van der Waals surface area contributed by atoms with Crippen molar-refractivity contribution in [3.8, 4) is 16.8 Å². The summed E-state index contributed by atoms with van der Waals surface area (Å²) in [5.74, 6) is 0. The first kappa shape index (κ1) is 29.6. The summed E-state index contributed by atoms with van der Waals surface area (Å²) in [5, 5.41) is 9.47. The van der Waals surface area contributed by atoms with Crippen molar-refractivity contribution in [3.05, 3.63) is 194 Å². The van der Waals surface area contributed by atoms with Crippen molar-refractivity contribution in [3.63, 3.8) is 0 Å². The lowest BCUT2D eigenvalue weighted by Crippen LogP contribution is -2.11. The molecule has 2 aromatic heterocycles. The Bertz CT molecular complexity index is 3190. The SMILES string of the molecule is c1ccc(-n2c3ccccc3c3cc(-c4ccc(N(c5ccc6ccccc6c5)c5cccc6c5oc5ccccc56)c5ccccc45)ccc32)cc1. The van der Waals surface area contributed by atoms with Crippen LogP contribution < -0.4 is 4.90 Å². The van der Waals surface area contributed by atoms with Crippen LogP contribution in [0.2, 0.25) is 0 Å². The van der Waals surface area contributed by atoms with Crippen molar-refractivity contribution < 1.29 is 4.42 Å².